The molecule has 10 heteroatoms. The van der Waals surface area contributed by atoms with Crippen LogP contribution in [-0.2, 0) is 11.2 Å². The van der Waals surface area contributed by atoms with E-state index in [0.29, 0.717) is 29.2 Å². The van der Waals surface area contributed by atoms with Gasteiger partial charge in [0.2, 0.25) is 0 Å². The van der Waals surface area contributed by atoms with E-state index in [1.807, 2.05) is 0 Å². The number of benzene rings is 2. The molecule has 9 nitrogen and oxygen atoms in total. The van der Waals surface area contributed by atoms with Crippen LogP contribution in [0, 0.1) is 17.7 Å². The Balaban J connectivity index is 1.40. The number of carbonyl (C=O) groups is 2. The van der Waals surface area contributed by atoms with E-state index in [9.17, 15) is 19.1 Å². The van der Waals surface area contributed by atoms with E-state index in [2.05, 4.69) is 22.3 Å². The van der Waals surface area contributed by atoms with Gasteiger partial charge in [-0.1, -0.05) is 24.0 Å². The molecule has 37 heavy (non-hydrogen) atoms. The summed E-state index contributed by atoms with van der Waals surface area (Å²) in [6.45, 7) is 3.14. The van der Waals surface area contributed by atoms with E-state index >= 15 is 0 Å². The average molecular weight is 507 g/mol. The molecule has 0 fully saturated rings. The number of halogens is 1. The lowest BCUT2D eigenvalue weighted by molar-refractivity contribution is -0.120. The Bertz CT molecular complexity index is 1370. The minimum absolute atomic E-state index is 0.0606. The first-order chi connectivity index (χ1) is 17.6. The zero-order valence-electron chi connectivity index (χ0n) is 20.7. The number of ether oxygens (including phenoxy) is 2. The van der Waals surface area contributed by atoms with Crippen LogP contribution < -0.4 is 19.7 Å². The summed E-state index contributed by atoms with van der Waals surface area (Å²) in [4.78, 5) is 27.3. The predicted octanol–water partition coefficient (Wildman–Crippen LogP) is 2.75. The SMILES string of the molecule is CN1C(=O)[C@@H](NC(=O)n2cc(Cc3cccc(F)c3)cn2)COc2ccc(OCC#CC(C)(C)O)cc21. The third-order valence-electron chi connectivity index (χ3n) is 5.47. The largest absolute Gasteiger partial charge is 0.489 e. The molecule has 0 aliphatic carbocycles. The van der Waals surface area contributed by atoms with Crippen LogP contribution >= 0.6 is 0 Å². The maximum absolute atomic E-state index is 13.4. The van der Waals surface area contributed by atoms with E-state index in [1.54, 1.807) is 51.2 Å². The number of rotatable bonds is 5. The zero-order valence-corrected chi connectivity index (χ0v) is 20.7. The average Bonchev–Trinajstić information content (AvgIpc) is 3.27. The van der Waals surface area contributed by atoms with Crippen LogP contribution in [0.4, 0.5) is 14.9 Å². The standard InChI is InChI=1S/C27H27FN4O5/c1-27(2,35)10-5-11-36-21-8-9-24-23(14-21)31(3)25(33)22(17-37-24)30-26(34)32-16-19(15-29-32)12-18-6-4-7-20(28)13-18/h4,6-9,13-16,22,35H,11-12,17H2,1-3H3,(H,30,34)/t22-/m0/s1. The molecule has 0 saturated carbocycles. The Labute approximate surface area is 213 Å². The number of amides is 2. The van der Waals surface area contributed by atoms with E-state index in [0.717, 1.165) is 10.2 Å². The van der Waals surface area contributed by atoms with Crippen molar-refractivity contribution >= 4 is 17.6 Å². The molecule has 2 N–H and O–H groups in total. The normalized spacial score (nSPS) is 15.1. The fourth-order valence-electron chi connectivity index (χ4n) is 3.70. The predicted molar refractivity (Wildman–Crippen MR) is 134 cm³/mol. The van der Waals surface area contributed by atoms with Gasteiger partial charge in [0.1, 0.15) is 42.2 Å². The first-order valence-corrected chi connectivity index (χ1v) is 11.6. The number of hydrogen-bond donors (Lipinski definition) is 2. The molecule has 2 heterocycles. The van der Waals surface area contributed by atoms with Crippen molar-refractivity contribution in [3.63, 3.8) is 0 Å². The highest BCUT2D eigenvalue weighted by atomic mass is 19.1. The van der Waals surface area contributed by atoms with Gasteiger partial charge in [0.15, 0.2) is 0 Å². The van der Waals surface area contributed by atoms with Gasteiger partial charge in [-0.25, -0.2) is 9.18 Å². The summed E-state index contributed by atoms with van der Waals surface area (Å²) in [7, 11) is 1.58. The number of hydrogen-bond acceptors (Lipinski definition) is 6. The highest BCUT2D eigenvalue weighted by Crippen LogP contribution is 2.34. The van der Waals surface area contributed by atoms with Crippen LogP contribution in [0.25, 0.3) is 0 Å². The smallest absolute Gasteiger partial charge is 0.342 e. The quantitative estimate of drug-likeness (QED) is 0.516. The minimum atomic E-state index is -1.11. The Morgan fingerprint density at radius 3 is 2.86 bits per heavy atom. The summed E-state index contributed by atoms with van der Waals surface area (Å²) in [6, 6.07) is 9.65. The molecule has 4 rings (SSSR count). The molecular formula is C27H27FN4O5. The highest BCUT2D eigenvalue weighted by Gasteiger charge is 2.31. The van der Waals surface area contributed by atoms with Crippen molar-refractivity contribution in [2.24, 2.45) is 0 Å². The van der Waals surface area contributed by atoms with Gasteiger partial charge in [-0.3, -0.25) is 4.79 Å². The lowest BCUT2D eigenvalue weighted by atomic mass is 10.1. The lowest BCUT2D eigenvalue weighted by Crippen LogP contribution is -2.50. The fourth-order valence-corrected chi connectivity index (χ4v) is 3.70. The van der Waals surface area contributed by atoms with Crippen molar-refractivity contribution in [3.05, 3.63) is 71.8 Å². The Hall–Kier alpha value is -4.36. The molecule has 1 atom stereocenters. The molecule has 0 radical (unpaired) electrons. The van der Waals surface area contributed by atoms with Crippen LogP contribution in [0.3, 0.4) is 0 Å². The second kappa shape index (κ2) is 10.7. The molecule has 1 aliphatic rings. The van der Waals surface area contributed by atoms with E-state index < -0.39 is 17.7 Å². The van der Waals surface area contributed by atoms with Gasteiger partial charge >= 0.3 is 6.03 Å². The number of fused-ring (bicyclic) bond motifs is 1. The van der Waals surface area contributed by atoms with Crippen molar-refractivity contribution < 1.29 is 28.6 Å². The molecule has 3 aromatic rings. The number of carbonyl (C=O) groups excluding carboxylic acids is 2. The molecule has 0 spiro atoms. The first-order valence-electron chi connectivity index (χ1n) is 11.6. The summed E-state index contributed by atoms with van der Waals surface area (Å²) >= 11 is 0. The molecule has 2 aromatic carbocycles. The third-order valence-corrected chi connectivity index (χ3v) is 5.47. The van der Waals surface area contributed by atoms with Gasteiger partial charge in [-0.15, -0.1) is 0 Å². The molecule has 0 saturated heterocycles. The highest BCUT2D eigenvalue weighted by molar-refractivity contribution is 6.00. The molecule has 2 amide bonds. The molecule has 0 unspecified atom stereocenters. The van der Waals surface area contributed by atoms with Gasteiger partial charge in [0.25, 0.3) is 5.91 Å². The van der Waals surface area contributed by atoms with Gasteiger partial charge in [-0.2, -0.15) is 9.78 Å². The van der Waals surface area contributed by atoms with Gasteiger partial charge < -0.3 is 24.8 Å². The van der Waals surface area contributed by atoms with Crippen molar-refractivity contribution in [3.8, 4) is 23.3 Å². The van der Waals surface area contributed by atoms with Gasteiger partial charge in [0, 0.05) is 25.7 Å². The van der Waals surface area contributed by atoms with Crippen molar-refractivity contribution in [1.82, 2.24) is 15.1 Å². The monoisotopic (exact) mass is 506 g/mol. The van der Waals surface area contributed by atoms with Crippen LogP contribution in [0.1, 0.15) is 25.0 Å². The van der Waals surface area contributed by atoms with Gasteiger partial charge in [0.05, 0.1) is 11.9 Å². The van der Waals surface area contributed by atoms with E-state index in [1.165, 1.54) is 29.4 Å². The van der Waals surface area contributed by atoms with Crippen molar-refractivity contribution in [2.75, 3.05) is 25.2 Å². The van der Waals surface area contributed by atoms with Crippen LogP contribution in [0.2, 0.25) is 0 Å². The van der Waals surface area contributed by atoms with Crippen LogP contribution in [0.15, 0.2) is 54.9 Å². The van der Waals surface area contributed by atoms with Crippen molar-refractivity contribution in [1.29, 1.82) is 0 Å². The number of nitrogens with one attached hydrogen (secondary N) is 1. The van der Waals surface area contributed by atoms with Crippen molar-refractivity contribution in [2.45, 2.75) is 31.9 Å². The maximum Gasteiger partial charge on any atom is 0.342 e. The Morgan fingerprint density at radius 2 is 2.11 bits per heavy atom. The van der Waals surface area contributed by atoms with Crippen LogP contribution in [0.5, 0.6) is 11.5 Å². The summed E-state index contributed by atoms with van der Waals surface area (Å²) < 4.78 is 26.0. The second-order valence-corrected chi connectivity index (χ2v) is 9.09. The fraction of sp³-hybridized carbons (Fsp3) is 0.296. The molecular weight excluding hydrogens is 479 g/mol. The molecule has 1 aliphatic heterocycles. The summed E-state index contributed by atoms with van der Waals surface area (Å²) in [5.41, 5.74) is 0.829. The van der Waals surface area contributed by atoms with Crippen LogP contribution in [-0.4, -0.2) is 58.7 Å². The summed E-state index contributed by atoms with van der Waals surface area (Å²) in [5, 5.41) is 16.4. The third kappa shape index (κ3) is 6.65. The first kappa shape index (κ1) is 25.7. The Morgan fingerprint density at radius 1 is 1.30 bits per heavy atom. The summed E-state index contributed by atoms with van der Waals surface area (Å²) in [5.74, 6) is 5.62. The van der Waals surface area contributed by atoms with E-state index in [-0.39, 0.29) is 24.9 Å². The number of aromatic nitrogens is 2. The number of likely N-dealkylation sites (N-methyl/N-ethyl adjacent to an activating group) is 1. The molecule has 192 valence electrons. The Kier molecular flexibility index (Phi) is 7.45. The van der Waals surface area contributed by atoms with E-state index in [4.69, 9.17) is 9.47 Å². The van der Waals surface area contributed by atoms with Gasteiger partial charge in [-0.05, 0) is 49.2 Å². The number of aliphatic hydroxyl groups is 1. The second-order valence-electron chi connectivity index (χ2n) is 9.09. The zero-order chi connectivity index (χ0) is 26.6. The maximum atomic E-state index is 13.4. The number of anilines is 1. The minimum Gasteiger partial charge on any atom is -0.489 e. The molecule has 0 bridgehead atoms. The molecule has 1 aromatic heterocycles. The lowest BCUT2D eigenvalue weighted by Gasteiger charge is -2.20. The summed E-state index contributed by atoms with van der Waals surface area (Å²) in [6.07, 6.45) is 3.46. The topological polar surface area (TPSA) is 106 Å². The number of nitrogens with zero attached hydrogens (tertiary/aromatic N) is 3.